The van der Waals surface area contributed by atoms with Crippen LogP contribution in [0.4, 0.5) is 0 Å². The summed E-state index contributed by atoms with van der Waals surface area (Å²) in [6.45, 7) is 6.43. The van der Waals surface area contributed by atoms with Crippen LogP contribution in [0, 0.1) is 0 Å². The van der Waals surface area contributed by atoms with Crippen molar-refractivity contribution in [2.75, 3.05) is 6.54 Å². The molecule has 4 nitrogen and oxygen atoms in total. The molecule has 0 saturated heterocycles. The average molecular weight is 360 g/mol. The summed E-state index contributed by atoms with van der Waals surface area (Å²) in [4.78, 5) is 23.7. The molecule has 0 heterocycles. The largest absolute Gasteiger partial charge is 0.460 e. The fourth-order valence-electron chi connectivity index (χ4n) is 2.17. The molecule has 5 heteroatoms. The van der Waals surface area contributed by atoms with Crippen LogP contribution in [0.3, 0.4) is 0 Å². The Morgan fingerprint density at radius 1 is 1.00 bits per heavy atom. The van der Waals surface area contributed by atoms with Gasteiger partial charge in [0.05, 0.1) is 0 Å². The first-order valence-corrected chi connectivity index (χ1v) is 8.42. The van der Waals surface area contributed by atoms with Crippen molar-refractivity contribution < 1.29 is 14.3 Å². The topological polar surface area (TPSA) is 55.4 Å². The van der Waals surface area contributed by atoms with Crippen LogP contribution in [0.2, 0.25) is 5.02 Å². The number of carbonyl (C=O) groups excluding carboxylic acids is 2. The molecule has 2 aromatic rings. The highest BCUT2D eigenvalue weighted by molar-refractivity contribution is 6.30. The maximum Gasteiger partial charge on any atom is 0.325 e. The number of halogens is 1. The van der Waals surface area contributed by atoms with Gasteiger partial charge in [0.15, 0.2) is 0 Å². The molecule has 0 aliphatic rings. The van der Waals surface area contributed by atoms with E-state index in [0.29, 0.717) is 10.6 Å². The molecule has 2 aromatic carbocycles. The number of amides is 1. The zero-order valence-corrected chi connectivity index (χ0v) is 15.4. The zero-order chi connectivity index (χ0) is 18.4. The number of nitrogens with one attached hydrogen (secondary N) is 1. The lowest BCUT2D eigenvalue weighted by atomic mass is 9.87. The summed E-state index contributed by atoms with van der Waals surface area (Å²) in [6, 6.07) is 14.4. The predicted molar refractivity (Wildman–Crippen MR) is 98.7 cm³/mol. The summed E-state index contributed by atoms with van der Waals surface area (Å²) in [6.07, 6.45) is 0. The van der Waals surface area contributed by atoms with Crippen molar-refractivity contribution in [3.05, 3.63) is 70.2 Å². The van der Waals surface area contributed by atoms with E-state index in [1.54, 1.807) is 24.3 Å². The maximum absolute atomic E-state index is 11.9. The van der Waals surface area contributed by atoms with Crippen LogP contribution in [0.25, 0.3) is 0 Å². The number of benzene rings is 2. The first-order valence-electron chi connectivity index (χ1n) is 8.04. The van der Waals surface area contributed by atoms with Gasteiger partial charge in [0.2, 0.25) is 0 Å². The van der Waals surface area contributed by atoms with E-state index in [4.69, 9.17) is 16.3 Å². The number of hydrogen-bond acceptors (Lipinski definition) is 3. The molecule has 25 heavy (non-hydrogen) atoms. The van der Waals surface area contributed by atoms with Gasteiger partial charge in [-0.15, -0.1) is 0 Å². The lowest BCUT2D eigenvalue weighted by molar-refractivity contribution is -0.143. The van der Waals surface area contributed by atoms with Gasteiger partial charge in [0.25, 0.3) is 5.91 Å². The summed E-state index contributed by atoms with van der Waals surface area (Å²) < 4.78 is 5.18. The summed E-state index contributed by atoms with van der Waals surface area (Å²) in [5.41, 5.74) is 2.65. The summed E-state index contributed by atoms with van der Waals surface area (Å²) in [5.74, 6) is -0.828. The van der Waals surface area contributed by atoms with E-state index in [1.807, 2.05) is 24.3 Å². The van der Waals surface area contributed by atoms with Gasteiger partial charge in [0.1, 0.15) is 13.2 Å². The second kappa shape index (κ2) is 8.17. The lowest BCUT2D eigenvalue weighted by Gasteiger charge is -2.19. The van der Waals surface area contributed by atoms with Crippen LogP contribution in [0.15, 0.2) is 48.5 Å². The van der Waals surface area contributed by atoms with Crippen molar-refractivity contribution in [2.24, 2.45) is 0 Å². The minimum atomic E-state index is -0.484. The minimum absolute atomic E-state index is 0.0845. The Hall–Kier alpha value is -2.33. The maximum atomic E-state index is 11.9. The third kappa shape index (κ3) is 5.91. The molecule has 0 aliphatic carbocycles. The van der Waals surface area contributed by atoms with Gasteiger partial charge >= 0.3 is 5.97 Å². The molecule has 0 saturated carbocycles. The molecule has 2 rings (SSSR count). The third-order valence-electron chi connectivity index (χ3n) is 3.72. The van der Waals surface area contributed by atoms with E-state index < -0.39 is 5.97 Å². The Labute approximate surface area is 153 Å². The zero-order valence-electron chi connectivity index (χ0n) is 14.6. The van der Waals surface area contributed by atoms with Gasteiger partial charge < -0.3 is 10.1 Å². The van der Waals surface area contributed by atoms with E-state index in [2.05, 4.69) is 26.1 Å². The van der Waals surface area contributed by atoms with Crippen LogP contribution < -0.4 is 5.32 Å². The first kappa shape index (κ1) is 19.0. The van der Waals surface area contributed by atoms with Gasteiger partial charge in [0, 0.05) is 10.6 Å². The lowest BCUT2D eigenvalue weighted by Crippen LogP contribution is -2.30. The van der Waals surface area contributed by atoms with E-state index in [-0.39, 0.29) is 24.5 Å². The minimum Gasteiger partial charge on any atom is -0.460 e. The Kier molecular flexibility index (Phi) is 6.21. The normalized spacial score (nSPS) is 11.0. The second-order valence-corrected chi connectivity index (χ2v) is 7.23. The van der Waals surface area contributed by atoms with E-state index >= 15 is 0 Å². The molecule has 1 amide bonds. The molecule has 0 fully saturated rings. The highest BCUT2D eigenvalue weighted by atomic mass is 35.5. The van der Waals surface area contributed by atoms with Crippen molar-refractivity contribution in [2.45, 2.75) is 32.8 Å². The molecule has 0 aliphatic heterocycles. The third-order valence-corrected chi connectivity index (χ3v) is 3.97. The average Bonchev–Trinajstić information content (AvgIpc) is 2.58. The fourth-order valence-corrected chi connectivity index (χ4v) is 2.30. The molecule has 0 bridgehead atoms. The van der Waals surface area contributed by atoms with E-state index in [1.165, 1.54) is 5.56 Å². The van der Waals surface area contributed by atoms with Crippen molar-refractivity contribution in [3.8, 4) is 0 Å². The van der Waals surface area contributed by atoms with Crippen LogP contribution >= 0.6 is 11.6 Å². The van der Waals surface area contributed by atoms with Crippen molar-refractivity contribution >= 4 is 23.5 Å². The predicted octanol–water partition coefficient (Wildman–Crippen LogP) is 4.11. The van der Waals surface area contributed by atoms with Gasteiger partial charge in [-0.2, -0.15) is 0 Å². The first-order chi connectivity index (χ1) is 11.8. The fraction of sp³-hybridized carbons (Fsp3) is 0.300. The molecular formula is C20H22ClNO3. The number of rotatable bonds is 5. The molecule has 1 N–H and O–H groups in total. The SMILES string of the molecule is CC(C)(C)c1ccc(COC(=O)CNC(=O)c2ccc(Cl)cc2)cc1. The van der Waals surface area contributed by atoms with Gasteiger partial charge in [-0.3, -0.25) is 9.59 Å². The molecule has 132 valence electrons. The van der Waals surface area contributed by atoms with Gasteiger partial charge in [-0.25, -0.2) is 0 Å². The Morgan fingerprint density at radius 3 is 2.16 bits per heavy atom. The quantitative estimate of drug-likeness (QED) is 0.817. The number of hydrogen-bond donors (Lipinski definition) is 1. The Balaban J connectivity index is 1.79. The molecule has 0 unspecified atom stereocenters. The standard InChI is InChI=1S/C20H22ClNO3/c1-20(2,3)16-8-4-14(5-9-16)13-25-18(23)12-22-19(24)15-6-10-17(21)11-7-15/h4-11H,12-13H2,1-3H3,(H,22,24). The van der Waals surface area contributed by atoms with Crippen LogP contribution in [-0.4, -0.2) is 18.4 Å². The Morgan fingerprint density at radius 2 is 1.60 bits per heavy atom. The van der Waals surface area contributed by atoms with Gasteiger partial charge in [-0.1, -0.05) is 56.6 Å². The second-order valence-electron chi connectivity index (χ2n) is 6.80. The van der Waals surface area contributed by atoms with Crippen molar-refractivity contribution in [3.63, 3.8) is 0 Å². The summed E-state index contributed by atoms with van der Waals surface area (Å²) in [7, 11) is 0. The highest BCUT2D eigenvalue weighted by Gasteiger charge is 2.13. The van der Waals surface area contributed by atoms with Gasteiger partial charge in [-0.05, 0) is 40.8 Å². The summed E-state index contributed by atoms with van der Waals surface area (Å²) >= 11 is 5.77. The molecular weight excluding hydrogens is 338 g/mol. The summed E-state index contributed by atoms with van der Waals surface area (Å²) in [5, 5.41) is 3.08. The number of carbonyl (C=O) groups is 2. The smallest absolute Gasteiger partial charge is 0.325 e. The monoisotopic (exact) mass is 359 g/mol. The molecule has 0 radical (unpaired) electrons. The van der Waals surface area contributed by atoms with Crippen molar-refractivity contribution in [1.82, 2.24) is 5.32 Å². The molecule has 0 spiro atoms. The number of esters is 1. The van der Waals surface area contributed by atoms with Crippen molar-refractivity contribution in [1.29, 1.82) is 0 Å². The number of ether oxygens (including phenoxy) is 1. The van der Waals surface area contributed by atoms with E-state index in [0.717, 1.165) is 5.56 Å². The van der Waals surface area contributed by atoms with Crippen LogP contribution in [0.5, 0.6) is 0 Å². The van der Waals surface area contributed by atoms with E-state index in [9.17, 15) is 9.59 Å². The molecule has 0 atom stereocenters. The Bertz CT molecular complexity index is 731. The molecule has 0 aromatic heterocycles. The van der Waals surface area contributed by atoms with Crippen LogP contribution in [0.1, 0.15) is 42.3 Å². The highest BCUT2D eigenvalue weighted by Crippen LogP contribution is 2.22. The van der Waals surface area contributed by atoms with Crippen LogP contribution in [-0.2, 0) is 21.6 Å².